The standard InChI is InChI=1S/C24H31N5O2/c30-23(29-11-3-4-12-29)22-8-7-18(15-25-22)19-16-26-24(27-17-19)31-21-9-13-28(14-10-21)20-5-1-2-6-20/h7-8,15-17,20-21H,1-6,9-14H2. The third kappa shape index (κ3) is 4.71. The van der Waals surface area contributed by atoms with E-state index in [4.69, 9.17) is 4.74 Å². The maximum absolute atomic E-state index is 12.4. The van der Waals surface area contributed by atoms with Gasteiger partial charge in [-0.25, -0.2) is 9.97 Å². The Morgan fingerprint density at radius 3 is 2.13 bits per heavy atom. The monoisotopic (exact) mass is 421 g/mol. The van der Waals surface area contributed by atoms with Crippen molar-refractivity contribution in [3.63, 3.8) is 0 Å². The van der Waals surface area contributed by atoms with Crippen LogP contribution in [0.15, 0.2) is 30.7 Å². The number of amides is 1. The van der Waals surface area contributed by atoms with Crippen LogP contribution in [0.25, 0.3) is 11.1 Å². The van der Waals surface area contributed by atoms with Gasteiger partial charge in [0.25, 0.3) is 5.91 Å². The van der Waals surface area contributed by atoms with Gasteiger partial charge in [-0.3, -0.25) is 9.78 Å². The van der Waals surface area contributed by atoms with Gasteiger partial charge in [-0.2, -0.15) is 0 Å². The Hall–Kier alpha value is -2.54. The Kier molecular flexibility index (Phi) is 6.11. The molecule has 1 aliphatic carbocycles. The molecule has 7 nitrogen and oxygen atoms in total. The highest BCUT2D eigenvalue weighted by Crippen LogP contribution is 2.27. The van der Waals surface area contributed by atoms with E-state index in [0.717, 1.165) is 69.0 Å². The van der Waals surface area contributed by atoms with Crippen molar-refractivity contribution >= 4 is 5.91 Å². The molecule has 0 unspecified atom stereocenters. The van der Waals surface area contributed by atoms with Crippen molar-refractivity contribution in [2.75, 3.05) is 26.2 Å². The van der Waals surface area contributed by atoms with Gasteiger partial charge in [-0.05, 0) is 44.6 Å². The molecule has 3 aliphatic rings. The smallest absolute Gasteiger partial charge is 0.316 e. The number of carbonyl (C=O) groups is 1. The highest BCUT2D eigenvalue weighted by molar-refractivity contribution is 5.92. The number of piperidine rings is 1. The summed E-state index contributed by atoms with van der Waals surface area (Å²) >= 11 is 0. The van der Waals surface area contributed by atoms with Crippen molar-refractivity contribution < 1.29 is 9.53 Å². The highest BCUT2D eigenvalue weighted by Gasteiger charge is 2.28. The van der Waals surface area contributed by atoms with Gasteiger partial charge < -0.3 is 14.5 Å². The van der Waals surface area contributed by atoms with Crippen LogP contribution in [0.1, 0.15) is 61.9 Å². The first-order chi connectivity index (χ1) is 15.3. The topological polar surface area (TPSA) is 71.5 Å². The molecule has 1 amide bonds. The number of aromatic nitrogens is 3. The van der Waals surface area contributed by atoms with Crippen molar-refractivity contribution in [1.29, 1.82) is 0 Å². The molecule has 0 N–H and O–H groups in total. The van der Waals surface area contributed by atoms with Crippen LogP contribution in [-0.4, -0.2) is 69.0 Å². The van der Waals surface area contributed by atoms with E-state index in [0.29, 0.717) is 11.7 Å². The fraction of sp³-hybridized carbons (Fsp3) is 0.583. The molecule has 5 rings (SSSR count). The van der Waals surface area contributed by atoms with Gasteiger partial charge in [0.2, 0.25) is 0 Å². The van der Waals surface area contributed by atoms with Crippen LogP contribution >= 0.6 is 0 Å². The number of hydrogen-bond acceptors (Lipinski definition) is 6. The largest absolute Gasteiger partial charge is 0.460 e. The van der Waals surface area contributed by atoms with Gasteiger partial charge in [0.1, 0.15) is 11.8 Å². The number of pyridine rings is 1. The molecule has 0 radical (unpaired) electrons. The molecule has 2 aromatic heterocycles. The Bertz CT molecular complexity index is 866. The third-order valence-corrected chi connectivity index (χ3v) is 6.93. The van der Waals surface area contributed by atoms with Crippen molar-refractivity contribution in [2.24, 2.45) is 0 Å². The van der Waals surface area contributed by atoms with Crippen LogP contribution in [0, 0.1) is 0 Å². The maximum Gasteiger partial charge on any atom is 0.316 e. The van der Waals surface area contributed by atoms with Gasteiger partial charge in [0, 0.05) is 61.9 Å². The number of ether oxygens (including phenoxy) is 1. The summed E-state index contributed by atoms with van der Waals surface area (Å²) in [6.07, 6.45) is 15.2. The highest BCUT2D eigenvalue weighted by atomic mass is 16.5. The fourth-order valence-corrected chi connectivity index (χ4v) is 5.08. The van der Waals surface area contributed by atoms with Crippen LogP contribution in [0.5, 0.6) is 6.01 Å². The zero-order valence-electron chi connectivity index (χ0n) is 18.1. The summed E-state index contributed by atoms with van der Waals surface area (Å²) in [6.45, 7) is 3.89. The van der Waals surface area contributed by atoms with Crippen molar-refractivity contribution in [1.82, 2.24) is 24.8 Å². The second-order valence-electron chi connectivity index (χ2n) is 8.98. The average Bonchev–Trinajstić information content (AvgIpc) is 3.55. The summed E-state index contributed by atoms with van der Waals surface area (Å²) < 4.78 is 6.05. The van der Waals surface area contributed by atoms with Crippen molar-refractivity contribution in [3.8, 4) is 17.1 Å². The Morgan fingerprint density at radius 2 is 1.48 bits per heavy atom. The van der Waals surface area contributed by atoms with Crippen LogP contribution in [0.4, 0.5) is 0 Å². The van der Waals surface area contributed by atoms with Crippen LogP contribution in [-0.2, 0) is 0 Å². The molecule has 164 valence electrons. The van der Waals surface area contributed by atoms with E-state index in [1.807, 2.05) is 11.0 Å². The molecular weight excluding hydrogens is 390 g/mol. The summed E-state index contributed by atoms with van der Waals surface area (Å²) in [7, 11) is 0. The molecule has 31 heavy (non-hydrogen) atoms. The van der Waals surface area contributed by atoms with Gasteiger partial charge in [-0.1, -0.05) is 18.9 Å². The SMILES string of the molecule is O=C(c1ccc(-c2cnc(OC3CCN(C4CCCC4)CC3)nc2)cn1)N1CCCC1. The average molecular weight is 422 g/mol. The second-order valence-corrected chi connectivity index (χ2v) is 8.98. The Morgan fingerprint density at radius 1 is 0.806 bits per heavy atom. The van der Waals surface area contributed by atoms with E-state index in [-0.39, 0.29) is 12.0 Å². The van der Waals surface area contributed by atoms with E-state index in [9.17, 15) is 4.79 Å². The van der Waals surface area contributed by atoms with Crippen LogP contribution in [0.3, 0.4) is 0 Å². The third-order valence-electron chi connectivity index (χ3n) is 6.93. The first-order valence-electron chi connectivity index (χ1n) is 11.7. The van der Waals surface area contributed by atoms with Gasteiger partial charge in [0.15, 0.2) is 0 Å². The molecule has 0 bridgehead atoms. The van der Waals surface area contributed by atoms with Crippen LogP contribution < -0.4 is 4.74 Å². The minimum absolute atomic E-state index is 0.0167. The summed E-state index contributed by atoms with van der Waals surface area (Å²) in [5.74, 6) is 0.0167. The Balaban J connectivity index is 1.15. The van der Waals surface area contributed by atoms with Gasteiger partial charge in [0.05, 0.1) is 0 Å². The van der Waals surface area contributed by atoms with Crippen molar-refractivity contribution in [2.45, 2.75) is 63.5 Å². The number of carbonyl (C=O) groups excluding carboxylic acids is 1. The fourth-order valence-electron chi connectivity index (χ4n) is 5.08. The normalized spacial score (nSPS) is 21.0. The number of likely N-dealkylation sites (tertiary alicyclic amines) is 2. The van der Waals surface area contributed by atoms with Gasteiger partial charge >= 0.3 is 6.01 Å². The lowest BCUT2D eigenvalue weighted by atomic mass is 10.0. The molecule has 2 aromatic rings. The predicted molar refractivity (Wildman–Crippen MR) is 118 cm³/mol. The van der Waals surface area contributed by atoms with E-state index >= 15 is 0 Å². The lowest BCUT2D eigenvalue weighted by molar-refractivity contribution is 0.0710. The quantitative estimate of drug-likeness (QED) is 0.735. The summed E-state index contributed by atoms with van der Waals surface area (Å²) in [4.78, 5) is 30.2. The van der Waals surface area contributed by atoms with E-state index in [1.165, 1.54) is 25.7 Å². The number of hydrogen-bond donors (Lipinski definition) is 0. The molecule has 0 aromatic carbocycles. The first kappa shape index (κ1) is 20.4. The lowest BCUT2D eigenvalue weighted by Gasteiger charge is -2.35. The number of nitrogens with zero attached hydrogens (tertiary/aromatic N) is 5. The molecule has 4 heterocycles. The predicted octanol–water partition coefficient (Wildman–Crippen LogP) is 3.56. The molecule has 2 aliphatic heterocycles. The first-order valence-corrected chi connectivity index (χ1v) is 11.7. The molecule has 7 heteroatoms. The minimum atomic E-state index is 0.0167. The molecule has 1 saturated carbocycles. The Labute approximate surface area is 183 Å². The summed E-state index contributed by atoms with van der Waals surface area (Å²) in [5.41, 5.74) is 2.26. The molecule has 0 spiro atoms. The minimum Gasteiger partial charge on any atom is -0.460 e. The summed E-state index contributed by atoms with van der Waals surface area (Å²) in [6, 6.07) is 4.94. The summed E-state index contributed by atoms with van der Waals surface area (Å²) in [5, 5.41) is 0. The van der Waals surface area contributed by atoms with Crippen molar-refractivity contribution in [3.05, 3.63) is 36.4 Å². The van der Waals surface area contributed by atoms with E-state index in [2.05, 4.69) is 19.9 Å². The van der Waals surface area contributed by atoms with E-state index in [1.54, 1.807) is 24.7 Å². The van der Waals surface area contributed by atoms with Crippen LogP contribution in [0.2, 0.25) is 0 Å². The number of rotatable bonds is 5. The maximum atomic E-state index is 12.4. The molecule has 3 fully saturated rings. The molecular formula is C24H31N5O2. The molecule has 2 saturated heterocycles. The zero-order chi connectivity index (χ0) is 21.0. The zero-order valence-corrected chi connectivity index (χ0v) is 18.1. The van der Waals surface area contributed by atoms with Gasteiger partial charge in [-0.15, -0.1) is 0 Å². The van der Waals surface area contributed by atoms with E-state index < -0.39 is 0 Å². The molecule has 0 atom stereocenters. The second kappa shape index (κ2) is 9.30. The lowest BCUT2D eigenvalue weighted by Crippen LogP contribution is -2.43.